The highest BCUT2D eigenvalue weighted by molar-refractivity contribution is 5.90. The number of hydrogen-bond donors (Lipinski definition) is 2. The number of para-hydroxylation sites is 1. The van der Waals surface area contributed by atoms with Gasteiger partial charge in [-0.1, -0.05) is 18.2 Å². The van der Waals surface area contributed by atoms with E-state index < -0.39 is 54.3 Å². The van der Waals surface area contributed by atoms with Gasteiger partial charge in [0, 0.05) is 39.8 Å². The van der Waals surface area contributed by atoms with E-state index >= 15 is 0 Å². The number of carbonyl (C=O) groups excluding carboxylic acids is 5. The van der Waals surface area contributed by atoms with Crippen molar-refractivity contribution in [3.05, 3.63) is 30.3 Å². The molecule has 1 heterocycles. The van der Waals surface area contributed by atoms with Gasteiger partial charge in [0.25, 0.3) is 0 Å². The molecule has 0 radical (unpaired) electrons. The van der Waals surface area contributed by atoms with Crippen LogP contribution in [0.15, 0.2) is 30.3 Å². The lowest BCUT2D eigenvalue weighted by atomic mass is 9.89. The number of nitrogens with one attached hydrogen (secondary N) is 2. The summed E-state index contributed by atoms with van der Waals surface area (Å²) in [4.78, 5) is 59.4. The molecule has 0 unspecified atom stereocenters. The van der Waals surface area contributed by atoms with E-state index in [0.29, 0.717) is 5.69 Å². The second kappa shape index (κ2) is 12.7. The van der Waals surface area contributed by atoms with Crippen LogP contribution in [0.25, 0.3) is 0 Å². The molecule has 1 aliphatic rings. The Kier molecular flexibility index (Phi) is 9.99. The largest absolute Gasteiger partial charge is 0.463 e. The Morgan fingerprint density at radius 2 is 1.47 bits per heavy atom. The second-order valence-electron chi connectivity index (χ2n) is 7.84. The fourth-order valence-electron chi connectivity index (χ4n) is 3.69. The summed E-state index contributed by atoms with van der Waals surface area (Å²) in [7, 11) is 0. The highest BCUT2D eigenvalue weighted by Crippen LogP contribution is 2.29. The molecule has 0 spiro atoms. The number of esters is 3. The summed E-state index contributed by atoms with van der Waals surface area (Å²) in [6, 6.07) is 7.94. The fourth-order valence-corrected chi connectivity index (χ4v) is 3.69. The number of benzene rings is 1. The van der Waals surface area contributed by atoms with Gasteiger partial charge in [-0.3, -0.25) is 24.0 Å². The lowest BCUT2D eigenvalue weighted by Crippen LogP contribution is -2.66. The lowest BCUT2D eigenvalue weighted by Gasteiger charge is -2.45. The molecule has 2 rings (SSSR count). The minimum Gasteiger partial charge on any atom is -0.463 e. The van der Waals surface area contributed by atoms with Gasteiger partial charge in [0.05, 0.1) is 12.1 Å². The predicted molar refractivity (Wildman–Crippen MR) is 118 cm³/mol. The maximum atomic E-state index is 12.5. The maximum absolute atomic E-state index is 12.5. The number of anilines is 1. The Hall–Kier alpha value is -3.47. The molecular formula is C23H30N2O9. The zero-order chi connectivity index (χ0) is 25.3. The SMILES string of the molecule is CC(=O)N[C@@H]1[C@@H](OC(C)=O)[C@H](OC(C)=O)[C@@H](COC(C)=O)O[C@@H]1CCC(=O)Nc1ccccc1. The summed E-state index contributed by atoms with van der Waals surface area (Å²) in [5.74, 6) is -2.67. The number of hydrogen-bond acceptors (Lipinski definition) is 9. The molecule has 0 saturated carbocycles. The zero-order valence-corrected chi connectivity index (χ0v) is 19.6. The quantitative estimate of drug-likeness (QED) is 0.393. The molecule has 1 aromatic carbocycles. The molecule has 0 aromatic heterocycles. The molecule has 2 amide bonds. The van der Waals surface area contributed by atoms with Crippen molar-refractivity contribution in [2.24, 2.45) is 0 Å². The van der Waals surface area contributed by atoms with E-state index in [2.05, 4.69) is 10.6 Å². The molecule has 0 aliphatic carbocycles. The molecule has 1 fully saturated rings. The standard InChI is InChI=1S/C23H30N2O9/c1-13(26)24-21-18(10-11-20(30)25-17-8-6-5-7-9-17)34-19(12-31-14(2)27)22(32-15(3)28)23(21)33-16(4)29/h5-9,18-19,21-23H,10-12H2,1-4H3,(H,24,26)(H,25,30)/t18-,19-,21+,22-,23-/m1/s1. The highest BCUT2D eigenvalue weighted by Gasteiger charge is 2.50. The molecular weight excluding hydrogens is 448 g/mol. The maximum Gasteiger partial charge on any atom is 0.303 e. The molecule has 2 N–H and O–H groups in total. The van der Waals surface area contributed by atoms with E-state index in [1.54, 1.807) is 24.3 Å². The Bertz CT molecular complexity index is 890. The molecule has 1 aliphatic heterocycles. The number of amides is 2. The van der Waals surface area contributed by atoms with Crippen LogP contribution in [0.3, 0.4) is 0 Å². The summed E-state index contributed by atoms with van der Waals surface area (Å²) < 4.78 is 21.9. The monoisotopic (exact) mass is 478 g/mol. The minimum absolute atomic E-state index is 0.0148. The van der Waals surface area contributed by atoms with Crippen LogP contribution in [0.4, 0.5) is 5.69 Å². The normalized spacial score (nSPS) is 23.8. The van der Waals surface area contributed by atoms with Gasteiger partial charge in [0.2, 0.25) is 11.8 Å². The van der Waals surface area contributed by atoms with Crippen LogP contribution < -0.4 is 10.6 Å². The third-order valence-corrected chi connectivity index (χ3v) is 4.93. The Morgan fingerprint density at radius 3 is 2.03 bits per heavy atom. The van der Waals surface area contributed by atoms with Crippen LogP contribution in [0.5, 0.6) is 0 Å². The third-order valence-electron chi connectivity index (χ3n) is 4.93. The second-order valence-corrected chi connectivity index (χ2v) is 7.84. The molecule has 11 nitrogen and oxygen atoms in total. The first-order valence-corrected chi connectivity index (χ1v) is 10.8. The van der Waals surface area contributed by atoms with Crippen LogP contribution in [0.2, 0.25) is 0 Å². The summed E-state index contributed by atoms with van der Waals surface area (Å²) in [5.41, 5.74) is 0.621. The zero-order valence-electron chi connectivity index (χ0n) is 19.6. The first-order chi connectivity index (χ1) is 16.1. The number of ether oxygens (including phenoxy) is 4. The van der Waals surface area contributed by atoms with Crippen LogP contribution in [0, 0.1) is 0 Å². The van der Waals surface area contributed by atoms with Crippen molar-refractivity contribution in [1.82, 2.24) is 5.32 Å². The van der Waals surface area contributed by atoms with E-state index in [1.165, 1.54) is 27.7 Å². The van der Waals surface area contributed by atoms with Gasteiger partial charge in [-0.2, -0.15) is 0 Å². The Balaban J connectivity index is 2.27. The van der Waals surface area contributed by atoms with E-state index in [1.807, 2.05) is 6.07 Å². The molecule has 1 saturated heterocycles. The Labute approximate surface area is 197 Å². The van der Waals surface area contributed by atoms with Gasteiger partial charge < -0.3 is 29.6 Å². The van der Waals surface area contributed by atoms with Gasteiger partial charge in [-0.15, -0.1) is 0 Å². The van der Waals surface area contributed by atoms with E-state index in [-0.39, 0.29) is 25.4 Å². The molecule has 0 bridgehead atoms. The summed E-state index contributed by atoms with van der Waals surface area (Å²) in [5, 5.41) is 5.44. The first-order valence-electron chi connectivity index (χ1n) is 10.8. The summed E-state index contributed by atoms with van der Waals surface area (Å²) in [6.45, 7) is 4.54. The average Bonchev–Trinajstić information content (AvgIpc) is 2.74. The van der Waals surface area contributed by atoms with Gasteiger partial charge in [0.1, 0.15) is 12.7 Å². The van der Waals surface area contributed by atoms with Crippen LogP contribution in [-0.2, 0) is 42.9 Å². The average molecular weight is 478 g/mol. The van der Waals surface area contributed by atoms with Gasteiger partial charge in [-0.05, 0) is 18.6 Å². The minimum atomic E-state index is -1.16. The molecule has 1 aromatic rings. The number of rotatable bonds is 9. The summed E-state index contributed by atoms with van der Waals surface area (Å²) >= 11 is 0. The number of carbonyl (C=O) groups is 5. The smallest absolute Gasteiger partial charge is 0.303 e. The Morgan fingerprint density at radius 1 is 0.853 bits per heavy atom. The fraction of sp³-hybridized carbons (Fsp3) is 0.522. The van der Waals surface area contributed by atoms with Crippen molar-refractivity contribution in [3.8, 4) is 0 Å². The van der Waals surface area contributed by atoms with Gasteiger partial charge >= 0.3 is 17.9 Å². The van der Waals surface area contributed by atoms with Crippen molar-refractivity contribution in [3.63, 3.8) is 0 Å². The van der Waals surface area contributed by atoms with Crippen molar-refractivity contribution in [2.45, 2.75) is 71.0 Å². The summed E-state index contributed by atoms with van der Waals surface area (Å²) in [6.07, 6.45) is -3.97. The van der Waals surface area contributed by atoms with E-state index in [4.69, 9.17) is 18.9 Å². The molecule has 11 heteroatoms. The van der Waals surface area contributed by atoms with E-state index in [9.17, 15) is 24.0 Å². The predicted octanol–water partition coefficient (Wildman–Crippen LogP) is 1.10. The van der Waals surface area contributed by atoms with Gasteiger partial charge in [0.15, 0.2) is 12.2 Å². The molecule has 5 atom stereocenters. The third kappa shape index (κ3) is 8.47. The highest BCUT2D eigenvalue weighted by atomic mass is 16.6. The van der Waals surface area contributed by atoms with Crippen LogP contribution in [-0.4, -0.2) is 66.8 Å². The van der Waals surface area contributed by atoms with Crippen molar-refractivity contribution in [1.29, 1.82) is 0 Å². The molecule has 186 valence electrons. The van der Waals surface area contributed by atoms with E-state index in [0.717, 1.165) is 0 Å². The lowest BCUT2D eigenvalue weighted by molar-refractivity contribution is -0.224. The molecule has 34 heavy (non-hydrogen) atoms. The van der Waals surface area contributed by atoms with Crippen LogP contribution in [0.1, 0.15) is 40.5 Å². The topological polar surface area (TPSA) is 146 Å². The van der Waals surface area contributed by atoms with Gasteiger partial charge in [-0.25, -0.2) is 0 Å². The van der Waals surface area contributed by atoms with Crippen LogP contribution >= 0.6 is 0 Å². The first kappa shape index (κ1) is 26.8. The van der Waals surface area contributed by atoms with Crippen molar-refractivity contribution in [2.75, 3.05) is 11.9 Å². The van der Waals surface area contributed by atoms with Crippen molar-refractivity contribution >= 4 is 35.4 Å². The van der Waals surface area contributed by atoms with Crippen molar-refractivity contribution < 1.29 is 42.9 Å².